The quantitative estimate of drug-likeness (QED) is 0.465. The van der Waals surface area contributed by atoms with Crippen molar-refractivity contribution in [1.82, 2.24) is 0 Å². The number of allylic oxidation sites excluding steroid dienone is 1. The van der Waals surface area contributed by atoms with Crippen LogP contribution in [0.2, 0.25) is 0 Å². The molecule has 0 radical (unpaired) electrons. The number of aliphatic hydroxyl groups excluding tert-OH is 1. The van der Waals surface area contributed by atoms with Crippen LogP contribution in [0.15, 0.2) is 11.1 Å². The smallest absolute Gasteiger partial charge is 0.0755 e. The summed E-state index contributed by atoms with van der Waals surface area (Å²) in [6, 6.07) is 0. The summed E-state index contributed by atoms with van der Waals surface area (Å²) < 4.78 is 0. The van der Waals surface area contributed by atoms with Crippen molar-refractivity contribution in [2.24, 2.45) is 0 Å². The van der Waals surface area contributed by atoms with Gasteiger partial charge in [0.15, 0.2) is 0 Å². The minimum Gasteiger partial charge on any atom is -0.389 e. The standard InChI is InChI=1S/C7H10O/c8-7-4-3-6(7)5-1-2-5/h7-8H,1-4H2. The van der Waals surface area contributed by atoms with Crippen LogP contribution in [-0.2, 0) is 0 Å². The molecular formula is C7H10O. The SMILES string of the molecule is OC1CCC1=C1CC1. The maximum atomic E-state index is 9.06. The predicted molar refractivity (Wildman–Crippen MR) is 31.5 cm³/mol. The first-order chi connectivity index (χ1) is 3.88. The molecule has 1 N–H and O–H groups in total. The highest BCUT2D eigenvalue weighted by Crippen LogP contribution is 2.40. The van der Waals surface area contributed by atoms with Gasteiger partial charge in [-0.2, -0.15) is 0 Å². The molecule has 44 valence electrons. The molecule has 0 bridgehead atoms. The van der Waals surface area contributed by atoms with Gasteiger partial charge >= 0.3 is 0 Å². The van der Waals surface area contributed by atoms with Crippen molar-refractivity contribution in [3.63, 3.8) is 0 Å². The van der Waals surface area contributed by atoms with Gasteiger partial charge in [0.05, 0.1) is 6.10 Å². The Hall–Kier alpha value is -0.300. The van der Waals surface area contributed by atoms with Gasteiger partial charge in [-0.25, -0.2) is 0 Å². The molecule has 8 heavy (non-hydrogen) atoms. The van der Waals surface area contributed by atoms with Crippen LogP contribution in [0.25, 0.3) is 0 Å². The Labute approximate surface area is 49.0 Å². The maximum Gasteiger partial charge on any atom is 0.0755 e. The maximum absolute atomic E-state index is 9.06. The van der Waals surface area contributed by atoms with E-state index >= 15 is 0 Å². The van der Waals surface area contributed by atoms with Crippen LogP contribution in [0.1, 0.15) is 25.7 Å². The molecule has 0 aromatic heterocycles. The zero-order chi connectivity index (χ0) is 5.56. The Bertz CT molecular complexity index is 140. The topological polar surface area (TPSA) is 20.2 Å². The highest BCUT2D eigenvalue weighted by atomic mass is 16.3. The molecule has 1 atom stereocenters. The van der Waals surface area contributed by atoms with E-state index in [0.717, 1.165) is 6.42 Å². The van der Waals surface area contributed by atoms with Crippen LogP contribution in [0.5, 0.6) is 0 Å². The van der Waals surface area contributed by atoms with Gasteiger partial charge in [-0.15, -0.1) is 0 Å². The molecule has 0 spiro atoms. The van der Waals surface area contributed by atoms with E-state index in [4.69, 9.17) is 5.11 Å². The summed E-state index contributed by atoms with van der Waals surface area (Å²) in [5, 5.41) is 9.06. The Morgan fingerprint density at radius 1 is 1.25 bits per heavy atom. The van der Waals surface area contributed by atoms with Crippen LogP contribution in [0.4, 0.5) is 0 Å². The summed E-state index contributed by atoms with van der Waals surface area (Å²) >= 11 is 0. The number of rotatable bonds is 0. The van der Waals surface area contributed by atoms with Crippen LogP contribution >= 0.6 is 0 Å². The molecule has 0 amide bonds. The molecule has 0 aromatic carbocycles. The lowest BCUT2D eigenvalue weighted by Gasteiger charge is -2.24. The lowest BCUT2D eigenvalue weighted by atomic mass is 9.88. The second-order valence-electron chi connectivity index (χ2n) is 2.68. The molecule has 1 nitrogen and oxygen atoms in total. The Morgan fingerprint density at radius 3 is 2.12 bits per heavy atom. The zero-order valence-electron chi connectivity index (χ0n) is 4.85. The molecule has 2 saturated carbocycles. The lowest BCUT2D eigenvalue weighted by Crippen LogP contribution is -2.20. The molecule has 0 aliphatic heterocycles. The van der Waals surface area contributed by atoms with Crippen molar-refractivity contribution in [1.29, 1.82) is 0 Å². The third kappa shape index (κ3) is 0.511. The molecule has 2 aliphatic carbocycles. The van der Waals surface area contributed by atoms with Crippen molar-refractivity contribution in [3.8, 4) is 0 Å². The Balaban J connectivity index is 2.16. The fourth-order valence-corrected chi connectivity index (χ4v) is 1.21. The van der Waals surface area contributed by atoms with Crippen molar-refractivity contribution in [3.05, 3.63) is 11.1 Å². The molecule has 1 unspecified atom stereocenters. The molecule has 0 heterocycles. The summed E-state index contributed by atoms with van der Waals surface area (Å²) in [5.74, 6) is 0. The van der Waals surface area contributed by atoms with Gasteiger partial charge in [-0.05, 0) is 31.3 Å². The van der Waals surface area contributed by atoms with Crippen LogP contribution in [-0.4, -0.2) is 11.2 Å². The second kappa shape index (κ2) is 1.35. The number of aliphatic hydroxyl groups is 1. The number of hydrogen-bond donors (Lipinski definition) is 1. The first-order valence-electron chi connectivity index (χ1n) is 3.27. The zero-order valence-corrected chi connectivity index (χ0v) is 4.85. The van der Waals surface area contributed by atoms with E-state index in [-0.39, 0.29) is 6.10 Å². The van der Waals surface area contributed by atoms with E-state index in [9.17, 15) is 0 Å². The normalized spacial score (nSPS) is 34.9. The average molecular weight is 110 g/mol. The van der Waals surface area contributed by atoms with Gasteiger partial charge in [-0.3, -0.25) is 0 Å². The largest absolute Gasteiger partial charge is 0.389 e. The van der Waals surface area contributed by atoms with Gasteiger partial charge in [0.2, 0.25) is 0 Å². The van der Waals surface area contributed by atoms with Gasteiger partial charge in [0.25, 0.3) is 0 Å². The average Bonchev–Trinajstić information content (AvgIpc) is 2.46. The Morgan fingerprint density at radius 2 is 2.00 bits per heavy atom. The summed E-state index contributed by atoms with van der Waals surface area (Å²) in [6.45, 7) is 0. The molecule has 0 saturated heterocycles. The van der Waals surface area contributed by atoms with E-state index < -0.39 is 0 Å². The van der Waals surface area contributed by atoms with Crippen LogP contribution < -0.4 is 0 Å². The molecular weight excluding hydrogens is 100 g/mol. The second-order valence-corrected chi connectivity index (χ2v) is 2.68. The van der Waals surface area contributed by atoms with Crippen molar-refractivity contribution < 1.29 is 5.11 Å². The first kappa shape index (κ1) is 4.57. The minimum atomic E-state index is -0.0347. The fourth-order valence-electron chi connectivity index (χ4n) is 1.21. The molecule has 2 rings (SSSR count). The molecule has 2 aliphatic rings. The number of hydrogen-bond acceptors (Lipinski definition) is 1. The predicted octanol–water partition coefficient (Wildman–Crippen LogP) is 1.23. The van der Waals surface area contributed by atoms with Crippen LogP contribution in [0, 0.1) is 0 Å². The Kier molecular flexibility index (Phi) is 0.770. The van der Waals surface area contributed by atoms with Gasteiger partial charge in [0.1, 0.15) is 0 Å². The van der Waals surface area contributed by atoms with E-state index in [1.54, 1.807) is 5.57 Å². The highest BCUT2D eigenvalue weighted by Gasteiger charge is 2.28. The van der Waals surface area contributed by atoms with E-state index in [2.05, 4.69) is 0 Å². The van der Waals surface area contributed by atoms with E-state index in [1.807, 2.05) is 0 Å². The third-order valence-corrected chi connectivity index (χ3v) is 2.04. The van der Waals surface area contributed by atoms with E-state index in [0.29, 0.717) is 0 Å². The van der Waals surface area contributed by atoms with Gasteiger partial charge in [0, 0.05) is 0 Å². The van der Waals surface area contributed by atoms with Crippen LogP contribution in [0.3, 0.4) is 0 Å². The molecule has 0 aromatic rings. The minimum absolute atomic E-state index is 0.0347. The third-order valence-electron chi connectivity index (χ3n) is 2.04. The van der Waals surface area contributed by atoms with Crippen molar-refractivity contribution in [2.45, 2.75) is 31.8 Å². The highest BCUT2D eigenvalue weighted by molar-refractivity contribution is 5.32. The summed E-state index contributed by atoms with van der Waals surface area (Å²) in [5.41, 5.74) is 2.91. The van der Waals surface area contributed by atoms with Crippen molar-refractivity contribution in [2.75, 3.05) is 0 Å². The van der Waals surface area contributed by atoms with E-state index in [1.165, 1.54) is 24.8 Å². The molecule has 2 fully saturated rings. The summed E-state index contributed by atoms with van der Waals surface area (Å²) in [4.78, 5) is 0. The summed E-state index contributed by atoms with van der Waals surface area (Å²) in [7, 11) is 0. The first-order valence-corrected chi connectivity index (χ1v) is 3.27. The summed E-state index contributed by atoms with van der Waals surface area (Å²) in [6.07, 6.45) is 4.70. The lowest BCUT2D eigenvalue weighted by molar-refractivity contribution is 0.156. The van der Waals surface area contributed by atoms with Gasteiger partial charge in [-0.1, -0.05) is 5.57 Å². The fraction of sp³-hybridized carbons (Fsp3) is 0.714. The monoisotopic (exact) mass is 110 g/mol. The molecule has 1 heteroatoms. The van der Waals surface area contributed by atoms with Gasteiger partial charge < -0.3 is 5.11 Å². The van der Waals surface area contributed by atoms with Crippen molar-refractivity contribution >= 4 is 0 Å².